The summed E-state index contributed by atoms with van der Waals surface area (Å²) in [5.74, 6) is 0.770. The van der Waals surface area contributed by atoms with E-state index in [1.807, 2.05) is 63.5 Å². The molecule has 0 atom stereocenters. The highest BCUT2D eigenvalue weighted by atomic mass is 79.9. The number of hydrogen-bond donors (Lipinski definition) is 0. The Balaban J connectivity index is 1.62. The molecular weight excluding hydrogens is 448 g/mol. The summed E-state index contributed by atoms with van der Waals surface area (Å²) >= 11 is 3.55. The Hall–Kier alpha value is -3.20. The molecule has 8 nitrogen and oxygen atoms in total. The molecule has 0 saturated carbocycles. The molecule has 0 bridgehead atoms. The topological polar surface area (TPSA) is 79.8 Å². The monoisotopic (exact) mass is 468 g/mol. The van der Waals surface area contributed by atoms with E-state index in [9.17, 15) is 4.79 Å². The molecule has 0 radical (unpaired) electrons. The van der Waals surface area contributed by atoms with Crippen LogP contribution in [-0.4, -0.2) is 29.6 Å². The fraction of sp³-hybridized carbons (Fsp3) is 0.238. The Kier molecular flexibility index (Phi) is 5.29. The van der Waals surface area contributed by atoms with Gasteiger partial charge in [0.1, 0.15) is 18.1 Å². The van der Waals surface area contributed by atoms with Gasteiger partial charge in [0.05, 0.1) is 10.2 Å². The Morgan fingerprint density at radius 2 is 1.87 bits per heavy atom. The summed E-state index contributed by atoms with van der Waals surface area (Å²) in [7, 11) is 3.46. The predicted octanol–water partition coefficient (Wildman–Crippen LogP) is 3.32. The molecule has 0 aliphatic carbocycles. The predicted molar refractivity (Wildman–Crippen MR) is 117 cm³/mol. The Morgan fingerprint density at radius 1 is 1.07 bits per heavy atom. The molecule has 0 aliphatic rings. The van der Waals surface area contributed by atoms with Crippen molar-refractivity contribution >= 4 is 15.9 Å². The van der Waals surface area contributed by atoms with Crippen molar-refractivity contribution in [1.29, 1.82) is 0 Å². The molecule has 0 spiro atoms. The molecule has 0 fully saturated rings. The third-order valence-electron chi connectivity index (χ3n) is 4.94. The zero-order valence-corrected chi connectivity index (χ0v) is 18.7. The summed E-state index contributed by atoms with van der Waals surface area (Å²) in [6, 6.07) is 11.7. The number of tetrazole rings is 1. The first-order valence-corrected chi connectivity index (χ1v) is 10.2. The van der Waals surface area contributed by atoms with Crippen molar-refractivity contribution in [2.24, 2.45) is 14.1 Å². The maximum Gasteiger partial charge on any atom is 0.368 e. The maximum atomic E-state index is 12.3. The average Bonchev–Trinajstić information content (AvgIpc) is 3.22. The quantitative estimate of drug-likeness (QED) is 0.448. The highest BCUT2D eigenvalue weighted by Gasteiger charge is 2.15. The molecule has 0 amide bonds. The van der Waals surface area contributed by atoms with Gasteiger partial charge in [-0.25, -0.2) is 4.79 Å². The van der Waals surface area contributed by atoms with Crippen LogP contribution in [0, 0.1) is 13.8 Å². The summed E-state index contributed by atoms with van der Waals surface area (Å²) < 4.78 is 11.3. The number of rotatable bonds is 5. The second kappa shape index (κ2) is 7.91. The third-order valence-corrected chi connectivity index (χ3v) is 5.52. The summed E-state index contributed by atoms with van der Waals surface area (Å²) in [6.07, 6.45) is 1.92. The minimum atomic E-state index is -0.302. The standard InChI is InChI=1S/C21H21BrN6O2/c1-13-6-5-7-18(28-21(29)27(4)24-25-28)16(13)12-30-19-9-8-15(10-14(19)2)20-17(22)11-26(3)23-20/h5-11H,12H2,1-4H3. The Bertz CT molecular complexity index is 1290. The molecule has 2 aromatic heterocycles. The number of nitrogens with zero attached hydrogens (tertiary/aromatic N) is 6. The van der Waals surface area contributed by atoms with Gasteiger partial charge in [-0.15, -0.1) is 0 Å². The molecule has 30 heavy (non-hydrogen) atoms. The smallest absolute Gasteiger partial charge is 0.368 e. The van der Waals surface area contributed by atoms with Crippen LogP contribution in [0.15, 0.2) is 51.9 Å². The van der Waals surface area contributed by atoms with Crippen LogP contribution in [-0.2, 0) is 20.7 Å². The van der Waals surface area contributed by atoms with Gasteiger partial charge in [0.2, 0.25) is 0 Å². The van der Waals surface area contributed by atoms with Gasteiger partial charge in [-0.2, -0.15) is 14.5 Å². The average molecular weight is 469 g/mol. The molecule has 2 aromatic carbocycles. The van der Waals surface area contributed by atoms with Crippen LogP contribution in [0.5, 0.6) is 5.75 Å². The van der Waals surface area contributed by atoms with Crippen molar-refractivity contribution in [3.63, 3.8) is 0 Å². The summed E-state index contributed by atoms with van der Waals surface area (Å²) in [5.41, 5.74) is 5.15. The lowest BCUT2D eigenvalue weighted by Crippen LogP contribution is -2.23. The van der Waals surface area contributed by atoms with Crippen molar-refractivity contribution < 1.29 is 4.74 Å². The summed E-state index contributed by atoms with van der Waals surface area (Å²) in [6.45, 7) is 4.29. The van der Waals surface area contributed by atoms with Crippen LogP contribution < -0.4 is 10.4 Å². The first kappa shape index (κ1) is 20.1. The fourth-order valence-electron chi connectivity index (χ4n) is 3.30. The van der Waals surface area contributed by atoms with E-state index < -0.39 is 0 Å². The van der Waals surface area contributed by atoms with Crippen LogP contribution in [0.3, 0.4) is 0 Å². The largest absolute Gasteiger partial charge is 0.489 e. The maximum absolute atomic E-state index is 12.3. The van der Waals surface area contributed by atoms with Crippen LogP contribution in [0.2, 0.25) is 0 Å². The number of aromatic nitrogens is 6. The lowest BCUT2D eigenvalue weighted by atomic mass is 10.1. The molecule has 0 unspecified atom stereocenters. The highest BCUT2D eigenvalue weighted by Crippen LogP contribution is 2.31. The van der Waals surface area contributed by atoms with Crippen molar-refractivity contribution in [3.8, 4) is 22.7 Å². The van der Waals surface area contributed by atoms with Crippen LogP contribution in [0.25, 0.3) is 16.9 Å². The van der Waals surface area contributed by atoms with E-state index in [4.69, 9.17) is 4.74 Å². The van der Waals surface area contributed by atoms with Gasteiger partial charge in [0, 0.05) is 31.4 Å². The number of ether oxygens (including phenoxy) is 1. The first-order chi connectivity index (χ1) is 14.3. The van der Waals surface area contributed by atoms with Crippen molar-refractivity contribution in [1.82, 2.24) is 29.6 Å². The second-order valence-corrected chi connectivity index (χ2v) is 7.99. The van der Waals surface area contributed by atoms with E-state index in [0.29, 0.717) is 12.3 Å². The second-order valence-electron chi connectivity index (χ2n) is 7.14. The van der Waals surface area contributed by atoms with Gasteiger partial charge in [0.25, 0.3) is 0 Å². The van der Waals surface area contributed by atoms with Gasteiger partial charge in [0.15, 0.2) is 0 Å². The SMILES string of the molecule is Cc1cc(-c2nn(C)cc2Br)ccc1OCc1c(C)cccc1-n1nnn(C)c1=O. The Labute approximate surface area is 181 Å². The summed E-state index contributed by atoms with van der Waals surface area (Å²) in [4.78, 5) is 12.3. The molecule has 9 heteroatoms. The van der Waals surface area contributed by atoms with Gasteiger partial charge in [-0.05, 0) is 75.6 Å². The number of benzene rings is 2. The van der Waals surface area contributed by atoms with E-state index in [1.54, 1.807) is 11.7 Å². The van der Waals surface area contributed by atoms with E-state index in [-0.39, 0.29) is 5.69 Å². The van der Waals surface area contributed by atoms with Gasteiger partial charge in [-0.3, -0.25) is 4.68 Å². The molecule has 0 aliphatic heterocycles. The van der Waals surface area contributed by atoms with Crippen molar-refractivity contribution in [2.75, 3.05) is 0 Å². The zero-order valence-electron chi connectivity index (χ0n) is 17.1. The highest BCUT2D eigenvalue weighted by molar-refractivity contribution is 9.10. The van der Waals surface area contributed by atoms with Crippen LogP contribution in [0.4, 0.5) is 0 Å². The fourth-order valence-corrected chi connectivity index (χ4v) is 3.91. The minimum absolute atomic E-state index is 0.302. The molecule has 4 rings (SSSR count). The summed E-state index contributed by atoms with van der Waals surface area (Å²) in [5, 5.41) is 12.3. The molecule has 0 saturated heterocycles. The van der Waals surface area contributed by atoms with Crippen molar-refractivity contribution in [3.05, 3.63) is 74.2 Å². The van der Waals surface area contributed by atoms with Crippen LogP contribution >= 0.6 is 15.9 Å². The van der Waals surface area contributed by atoms with E-state index >= 15 is 0 Å². The van der Waals surface area contributed by atoms with Gasteiger partial charge >= 0.3 is 5.69 Å². The molecule has 4 aromatic rings. The van der Waals surface area contributed by atoms with Gasteiger partial charge < -0.3 is 4.74 Å². The van der Waals surface area contributed by atoms with E-state index in [1.165, 1.54) is 9.36 Å². The number of aryl methyl sites for hydroxylation is 4. The number of halogens is 1. The lowest BCUT2D eigenvalue weighted by molar-refractivity contribution is 0.302. The normalized spacial score (nSPS) is 11.1. The van der Waals surface area contributed by atoms with Gasteiger partial charge in [-0.1, -0.05) is 12.1 Å². The van der Waals surface area contributed by atoms with Crippen LogP contribution in [0.1, 0.15) is 16.7 Å². The lowest BCUT2D eigenvalue weighted by Gasteiger charge is -2.14. The molecule has 2 heterocycles. The van der Waals surface area contributed by atoms with E-state index in [2.05, 4.69) is 31.5 Å². The molecule has 154 valence electrons. The minimum Gasteiger partial charge on any atom is -0.489 e. The van der Waals surface area contributed by atoms with Crippen molar-refractivity contribution in [2.45, 2.75) is 20.5 Å². The number of hydrogen-bond acceptors (Lipinski definition) is 5. The third kappa shape index (κ3) is 3.68. The Morgan fingerprint density at radius 3 is 2.50 bits per heavy atom. The molecule has 0 N–H and O–H groups in total. The first-order valence-electron chi connectivity index (χ1n) is 9.36. The van der Waals surface area contributed by atoms with E-state index in [0.717, 1.165) is 38.2 Å². The zero-order chi connectivity index (χ0) is 21.4. The molecular formula is C21H21BrN6O2.